The van der Waals surface area contributed by atoms with E-state index in [0.717, 1.165) is 18.6 Å². The molecule has 0 atom stereocenters. The Kier molecular flexibility index (Phi) is 5.61. The average Bonchev–Trinajstić information content (AvgIpc) is 2.25. The number of ether oxygens (including phenoxy) is 1. The van der Waals surface area contributed by atoms with Crippen LogP contribution in [0.1, 0.15) is 0 Å². The van der Waals surface area contributed by atoms with Gasteiger partial charge in [0.05, 0.1) is 7.14 Å². The summed E-state index contributed by atoms with van der Waals surface area (Å²) in [5, 5.41) is 0. The van der Waals surface area contributed by atoms with Gasteiger partial charge in [-0.2, -0.15) is 0 Å². The van der Waals surface area contributed by atoms with Crippen molar-refractivity contribution in [2.75, 3.05) is 0 Å². The van der Waals surface area contributed by atoms with Crippen molar-refractivity contribution in [3.05, 3.63) is 50.7 Å². The van der Waals surface area contributed by atoms with Crippen LogP contribution in [0.15, 0.2) is 36.4 Å². The van der Waals surface area contributed by atoms with Gasteiger partial charge >= 0.3 is 0 Å². The molecule has 0 aromatic heterocycles. The monoisotopic (exact) mass is 674 g/mol. The first-order valence-corrected chi connectivity index (χ1v) is 8.96. The van der Waals surface area contributed by atoms with Gasteiger partial charge in [0.15, 0.2) is 0 Å². The third kappa shape index (κ3) is 4.06. The van der Waals surface area contributed by atoms with Crippen LogP contribution < -0.4 is 4.74 Å². The van der Waals surface area contributed by atoms with Crippen LogP contribution in [0.5, 0.6) is 11.5 Å². The lowest BCUT2D eigenvalue weighted by Crippen LogP contribution is -1.90. The van der Waals surface area contributed by atoms with Crippen molar-refractivity contribution in [2.45, 2.75) is 0 Å². The molecule has 0 amide bonds. The quantitative estimate of drug-likeness (QED) is 0.361. The standard InChI is InChI=1S/C12H6I4O/c13-7-1-3-11(9(15)5-7)17-12-4-2-8(14)6-10(12)16/h1-6H. The molecule has 2 aromatic carbocycles. The van der Waals surface area contributed by atoms with Crippen LogP contribution in [0, 0.1) is 14.3 Å². The van der Waals surface area contributed by atoms with Crippen LogP contribution in [0.2, 0.25) is 0 Å². The highest BCUT2D eigenvalue weighted by Gasteiger charge is 2.06. The van der Waals surface area contributed by atoms with Gasteiger partial charge < -0.3 is 4.74 Å². The highest BCUT2D eigenvalue weighted by Crippen LogP contribution is 2.31. The molecule has 2 rings (SSSR count). The predicted molar refractivity (Wildman–Crippen MR) is 104 cm³/mol. The molecule has 17 heavy (non-hydrogen) atoms. The predicted octanol–water partition coefficient (Wildman–Crippen LogP) is 5.90. The first kappa shape index (κ1) is 14.6. The minimum absolute atomic E-state index is 0.908. The molecule has 0 unspecified atom stereocenters. The van der Waals surface area contributed by atoms with Crippen LogP contribution in [-0.2, 0) is 0 Å². The Bertz CT molecular complexity index is 505. The maximum Gasteiger partial charge on any atom is 0.140 e. The third-order valence-corrected chi connectivity index (χ3v) is 5.04. The molecular formula is C12H6I4O. The van der Waals surface area contributed by atoms with Gasteiger partial charge in [0, 0.05) is 7.14 Å². The van der Waals surface area contributed by atoms with E-state index in [1.165, 1.54) is 7.14 Å². The summed E-state index contributed by atoms with van der Waals surface area (Å²) in [6.07, 6.45) is 0. The minimum atomic E-state index is 0.908. The third-order valence-electron chi connectivity index (χ3n) is 2.01. The molecular weight excluding hydrogens is 668 g/mol. The zero-order chi connectivity index (χ0) is 12.4. The maximum absolute atomic E-state index is 5.93. The number of benzene rings is 2. The summed E-state index contributed by atoms with van der Waals surface area (Å²) in [5.74, 6) is 1.82. The van der Waals surface area contributed by atoms with E-state index in [1.54, 1.807) is 0 Å². The number of halogens is 4. The molecule has 0 heterocycles. The molecule has 0 fully saturated rings. The second-order valence-corrected chi connectivity index (χ2v) is 8.07. The summed E-state index contributed by atoms with van der Waals surface area (Å²) < 4.78 is 10.6. The van der Waals surface area contributed by atoms with Crippen LogP contribution >= 0.6 is 90.4 Å². The lowest BCUT2D eigenvalue weighted by molar-refractivity contribution is 0.475. The van der Waals surface area contributed by atoms with E-state index in [0.29, 0.717) is 0 Å². The zero-order valence-corrected chi connectivity index (χ0v) is 17.0. The summed E-state index contributed by atoms with van der Waals surface area (Å²) in [5.41, 5.74) is 0. The van der Waals surface area contributed by atoms with E-state index in [-0.39, 0.29) is 0 Å². The molecule has 0 aliphatic heterocycles. The van der Waals surface area contributed by atoms with E-state index in [2.05, 4.69) is 115 Å². The second kappa shape index (κ2) is 6.55. The van der Waals surface area contributed by atoms with Gasteiger partial charge in [0.2, 0.25) is 0 Å². The molecule has 0 aliphatic rings. The van der Waals surface area contributed by atoms with Crippen molar-refractivity contribution >= 4 is 90.4 Å². The van der Waals surface area contributed by atoms with Gasteiger partial charge in [-0.25, -0.2) is 0 Å². The van der Waals surface area contributed by atoms with E-state index in [1.807, 2.05) is 12.1 Å². The molecule has 0 saturated heterocycles. The van der Waals surface area contributed by atoms with Gasteiger partial charge in [0.1, 0.15) is 11.5 Å². The second-order valence-electron chi connectivity index (χ2n) is 3.25. The summed E-state index contributed by atoms with van der Waals surface area (Å²) in [6.45, 7) is 0. The summed E-state index contributed by atoms with van der Waals surface area (Å²) in [4.78, 5) is 0. The maximum atomic E-state index is 5.93. The first-order valence-electron chi connectivity index (χ1n) is 4.64. The lowest BCUT2D eigenvalue weighted by atomic mass is 10.3. The lowest BCUT2D eigenvalue weighted by Gasteiger charge is -2.10. The Hall–Kier alpha value is 1.16. The summed E-state index contributed by atoms with van der Waals surface area (Å²) >= 11 is 9.20. The Morgan fingerprint density at radius 3 is 1.41 bits per heavy atom. The van der Waals surface area contributed by atoms with E-state index < -0.39 is 0 Å². The van der Waals surface area contributed by atoms with Gasteiger partial charge in [-0.15, -0.1) is 0 Å². The van der Waals surface area contributed by atoms with Gasteiger partial charge in [-0.1, -0.05) is 0 Å². The van der Waals surface area contributed by atoms with Crippen LogP contribution in [0.3, 0.4) is 0 Å². The Morgan fingerprint density at radius 1 is 0.647 bits per heavy atom. The van der Waals surface area contributed by atoms with Crippen molar-refractivity contribution < 1.29 is 4.74 Å². The highest BCUT2D eigenvalue weighted by molar-refractivity contribution is 14.1. The van der Waals surface area contributed by atoms with Crippen molar-refractivity contribution in [1.82, 2.24) is 0 Å². The fourth-order valence-electron chi connectivity index (χ4n) is 1.23. The van der Waals surface area contributed by atoms with E-state index >= 15 is 0 Å². The molecule has 2 aromatic rings. The van der Waals surface area contributed by atoms with Crippen molar-refractivity contribution in [2.24, 2.45) is 0 Å². The summed E-state index contributed by atoms with van der Waals surface area (Å²) in [7, 11) is 0. The van der Waals surface area contributed by atoms with Gasteiger partial charge in [-0.3, -0.25) is 0 Å². The molecule has 1 nitrogen and oxygen atoms in total. The molecule has 0 saturated carbocycles. The largest absolute Gasteiger partial charge is 0.455 e. The van der Waals surface area contributed by atoms with Gasteiger partial charge in [-0.05, 0) is 127 Å². The number of hydrogen-bond donors (Lipinski definition) is 0. The smallest absolute Gasteiger partial charge is 0.140 e. The molecule has 88 valence electrons. The molecule has 0 spiro atoms. The zero-order valence-electron chi connectivity index (χ0n) is 8.38. The van der Waals surface area contributed by atoms with E-state index in [4.69, 9.17) is 4.74 Å². The SMILES string of the molecule is Ic1ccc(Oc2ccc(I)cc2I)c(I)c1. The Morgan fingerprint density at radius 2 is 1.06 bits per heavy atom. The topological polar surface area (TPSA) is 9.23 Å². The van der Waals surface area contributed by atoms with Crippen molar-refractivity contribution in [3.63, 3.8) is 0 Å². The Labute approximate surface area is 155 Å². The molecule has 0 radical (unpaired) electrons. The normalized spacial score (nSPS) is 10.4. The molecule has 5 heteroatoms. The molecule has 0 aliphatic carbocycles. The van der Waals surface area contributed by atoms with Crippen LogP contribution in [0.4, 0.5) is 0 Å². The van der Waals surface area contributed by atoms with Crippen LogP contribution in [0.25, 0.3) is 0 Å². The fourth-order valence-corrected chi connectivity index (χ4v) is 4.66. The van der Waals surface area contributed by atoms with E-state index in [9.17, 15) is 0 Å². The van der Waals surface area contributed by atoms with Crippen LogP contribution in [-0.4, -0.2) is 0 Å². The molecule has 0 bridgehead atoms. The number of hydrogen-bond acceptors (Lipinski definition) is 1. The Balaban J connectivity index is 2.31. The number of rotatable bonds is 2. The minimum Gasteiger partial charge on any atom is -0.455 e. The van der Waals surface area contributed by atoms with Gasteiger partial charge in [0.25, 0.3) is 0 Å². The average molecular weight is 674 g/mol. The van der Waals surface area contributed by atoms with Crippen molar-refractivity contribution in [1.29, 1.82) is 0 Å². The fraction of sp³-hybridized carbons (Fsp3) is 0. The van der Waals surface area contributed by atoms with Crippen molar-refractivity contribution in [3.8, 4) is 11.5 Å². The summed E-state index contributed by atoms with van der Waals surface area (Å²) in [6, 6.07) is 12.3. The molecule has 0 N–H and O–H groups in total. The highest BCUT2D eigenvalue weighted by atomic mass is 127. The first-order chi connectivity index (χ1) is 8.06.